The minimum atomic E-state index is -1.97. The number of aliphatic hydroxyl groups excluding tert-OH is 4. The van der Waals surface area contributed by atoms with Crippen molar-refractivity contribution in [2.75, 3.05) is 86.8 Å². The minimum absolute atomic E-state index is 0.0364. The molecular weight excluding hydrogens is 724 g/mol. The summed E-state index contributed by atoms with van der Waals surface area (Å²) >= 11 is 0. The lowest BCUT2D eigenvalue weighted by molar-refractivity contribution is -0.233. The number of hydrogen-bond donors (Lipinski definition) is 9. The predicted molar refractivity (Wildman–Crippen MR) is 186 cm³/mol. The highest BCUT2D eigenvalue weighted by molar-refractivity contribution is 5.89. The molecule has 0 aromatic heterocycles. The van der Waals surface area contributed by atoms with Crippen LogP contribution in [0, 0.1) is 5.92 Å². The highest BCUT2D eigenvalue weighted by atomic mass is 16.6. The predicted octanol–water partition coefficient (Wildman–Crippen LogP) is -2.36. The second-order valence-electron chi connectivity index (χ2n) is 12.9. The van der Waals surface area contributed by atoms with Crippen molar-refractivity contribution >= 4 is 30.0 Å². The summed E-state index contributed by atoms with van der Waals surface area (Å²) < 4.78 is 36.0. The van der Waals surface area contributed by atoms with Crippen LogP contribution in [0.3, 0.4) is 0 Å². The summed E-state index contributed by atoms with van der Waals surface area (Å²) in [5.41, 5.74) is -1.97. The van der Waals surface area contributed by atoms with E-state index in [9.17, 15) is 49.5 Å². The summed E-state index contributed by atoms with van der Waals surface area (Å²) in [7, 11) is 3.04. The van der Waals surface area contributed by atoms with Gasteiger partial charge in [0, 0.05) is 27.2 Å². The Bertz CT molecular complexity index is 1120. The van der Waals surface area contributed by atoms with Gasteiger partial charge in [-0.15, -0.1) is 0 Å². The maximum Gasteiger partial charge on any atom is 0.407 e. The average molecular weight is 785 g/mol. The first-order valence-electron chi connectivity index (χ1n) is 17.8. The Balaban J connectivity index is 2.86. The standard InChI is InChI=1S/C33H60N4O17/c1-21(2)17-33(30(44)45)18-23(39)26(28(54-33)27(42)24(40)20-38)37-25(41)19-35-29(43)22(36-32(47)53-16-14-51-12-10-49-4)7-5-6-8-34-31(46)52-15-13-50-11-9-48-3/h21-24,26-28,38-40,42H,5-20H2,1-4H3,(H,34,46)(H,35,43)(H,36,47)(H,37,41)(H,44,45). The number of alkyl carbamates (subject to hydrolysis) is 2. The van der Waals surface area contributed by atoms with Crippen molar-refractivity contribution in [3.63, 3.8) is 0 Å². The third kappa shape index (κ3) is 18.8. The van der Waals surface area contributed by atoms with Crippen LogP contribution in [0.15, 0.2) is 0 Å². The largest absolute Gasteiger partial charge is 0.479 e. The van der Waals surface area contributed by atoms with Gasteiger partial charge in [0.05, 0.1) is 64.9 Å². The molecule has 1 fully saturated rings. The quantitative estimate of drug-likeness (QED) is 0.0375. The molecule has 0 aromatic carbocycles. The van der Waals surface area contributed by atoms with Gasteiger partial charge in [0.15, 0.2) is 5.60 Å². The van der Waals surface area contributed by atoms with Crippen molar-refractivity contribution in [2.45, 2.75) is 88.1 Å². The SMILES string of the molecule is COCCOCCOC(=O)NCCCCC(NC(=O)OCCOCCOC)C(=O)NCC(=O)NC1C(O)CC(CC(C)C)(C(=O)O)OC1C(O)C(O)CO. The van der Waals surface area contributed by atoms with Crippen LogP contribution in [0.5, 0.6) is 0 Å². The molecule has 1 heterocycles. The van der Waals surface area contributed by atoms with Crippen molar-refractivity contribution in [3.8, 4) is 0 Å². The molecule has 21 nitrogen and oxygen atoms in total. The molecule has 0 bridgehead atoms. The van der Waals surface area contributed by atoms with Gasteiger partial charge in [-0.25, -0.2) is 14.4 Å². The fourth-order valence-electron chi connectivity index (χ4n) is 5.44. The number of unbranched alkanes of at least 4 members (excludes halogenated alkanes) is 1. The number of carboxylic acid groups (broad SMARTS) is 1. The number of aliphatic hydroxyl groups is 4. The van der Waals surface area contributed by atoms with E-state index in [0.717, 1.165) is 0 Å². The highest BCUT2D eigenvalue weighted by Crippen LogP contribution is 2.36. The van der Waals surface area contributed by atoms with Crippen LogP contribution in [0.4, 0.5) is 9.59 Å². The molecule has 4 amide bonds. The van der Waals surface area contributed by atoms with Crippen LogP contribution in [-0.2, 0) is 47.5 Å². The number of nitrogens with one attached hydrogen (secondary N) is 4. The minimum Gasteiger partial charge on any atom is -0.479 e. The van der Waals surface area contributed by atoms with Crippen molar-refractivity contribution in [1.29, 1.82) is 0 Å². The maximum atomic E-state index is 13.2. The van der Waals surface area contributed by atoms with E-state index in [2.05, 4.69) is 21.3 Å². The molecule has 314 valence electrons. The molecule has 21 heteroatoms. The Labute approximate surface area is 314 Å². The first-order chi connectivity index (χ1) is 25.7. The van der Waals surface area contributed by atoms with Crippen molar-refractivity contribution < 1.29 is 82.7 Å². The zero-order chi connectivity index (χ0) is 40.5. The van der Waals surface area contributed by atoms with Crippen LogP contribution in [-0.4, -0.2) is 184 Å². The van der Waals surface area contributed by atoms with Gasteiger partial charge in [0.25, 0.3) is 0 Å². The van der Waals surface area contributed by atoms with Crippen LogP contribution in [0.2, 0.25) is 0 Å². The Morgan fingerprint density at radius 1 is 0.852 bits per heavy atom. The van der Waals surface area contributed by atoms with E-state index in [1.807, 2.05) is 0 Å². The zero-order valence-corrected chi connectivity index (χ0v) is 31.5. The van der Waals surface area contributed by atoms with E-state index in [0.29, 0.717) is 32.7 Å². The number of carboxylic acids is 1. The number of amides is 4. The Hall–Kier alpha value is -3.41. The summed E-state index contributed by atoms with van der Waals surface area (Å²) in [6.45, 7) is 3.59. The molecule has 0 spiro atoms. The highest BCUT2D eigenvalue weighted by Gasteiger charge is 2.54. The van der Waals surface area contributed by atoms with E-state index in [-0.39, 0.29) is 58.3 Å². The van der Waals surface area contributed by atoms with Gasteiger partial charge in [0.1, 0.15) is 37.6 Å². The van der Waals surface area contributed by atoms with E-state index in [1.165, 1.54) is 14.2 Å². The molecule has 1 rings (SSSR count). The maximum absolute atomic E-state index is 13.2. The Morgan fingerprint density at radius 3 is 2.00 bits per heavy atom. The monoisotopic (exact) mass is 784 g/mol. The third-order valence-corrected chi connectivity index (χ3v) is 8.05. The molecule has 54 heavy (non-hydrogen) atoms. The molecule has 1 aliphatic rings. The van der Waals surface area contributed by atoms with Crippen LogP contribution in [0.1, 0.15) is 46.0 Å². The van der Waals surface area contributed by atoms with E-state index in [4.69, 9.17) is 33.2 Å². The number of methoxy groups -OCH3 is 2. The van der Waals surface area contributed by atoms with Gasteiger partial charge in [-0.3, -0.25) is 9.59 Å². The first-order valence-corrected chi connectivity index (χ1v) is 17.8. The molecule has 7 atom stereocenters. The van der Waals surface area contributed by atoms with E-state index >= 15 is 0 Å². The van der Waals surface area contributed by atoms with Gasteiger partial charge in [0.2, 0.25) is 11.8 Å². The number of carbonyl (C=O) groups is 5. The van der Waals surface area contributed by atoms with Crippen LogP contribution in [0.25, 0.3) is 0 Å². The average Bonchev–Trinajstić information content (AvgIpc) is 3.12. The van der Waals surface area contributed by atoms with Crippen molar-refractivity contribution in [3.05, 3.63) is 0 Å². The fraction of sp³-hybridized carbons (Fsp3) is 0.848. The molecule has 0 radical (unpaired) electrons. The summed E-state index contributed by atoms with van der Waals surface area (Å²) in [6, 6.07) is -2.65. The van der Waals surface area contributed by atoms with E-state index < -0.39 is 91.6 Å². The first kappa shape index (κ1) is 48.6. The summed E-state index contributed by atoms with van der Waals surface area (Å²) in [5, 5.41) is 61.1. The van der Waals surface area contributed by atoms with Gasteiger partial charge < -0.3 is 80.0 Å². The number of aliphatic carboxylic acids is 1. The summed E-state index contributed by atoms with van der Waals surface area (Å²) in [6.07, 6.45) is -8.36. The molecule has 0 saturated carbocycles. The third-order valence-electron chi connectivity index (χ3n) is 8.05. The molecule has 0 aromatic rings. The molecule has 1 aliphatic heterocycles. The number of ether oxygens (including phenoxy) is 7. The second-order valence-corrected chi connectivity index (χ2v) is 12.9. The van der Waals surface area contributed by atoms with Crippen LogP contribution >= 0.6 is 0 Å². The normalized spacial score (nSPS) is 21.4. The molecule has 9 N–H and O–H groups in total. The smallest absolute Gasteiger partial charge is 0.407 e. The second kappa shape index (κ2) is 27.2. The fourth-order valence-corrected chi connectivity index (χ4v) is 5.44. The molecule has 0 aliphatic carbocycles. The van der Waals surface area contributed by atoms with Crippen molar-refractivity contribution in [2.24, 2.45) is 5.92 Å². The Morgan fingerprint density at radius 2 is 1.44 bits per heavy atom. The lowest BCUT2D eigenvalue weighted by Crippen LogP contribution is -2.68. The Kier molecular flexibility index (Phi) is 24.5. The van der Waals surface area contributed by atoms with Crippen molar-refractivity contribution in [1.82, 2.24) is 21.3 Å². The zero-order valence-electron chi connectivity index (χ0n) is 31.5. The topological polar surface area (TPSA) is 299 Å². The summed E-state index contributed by atoms with van der Waals surface area (Å²) in [4.78, 5) is 62.9. The summed E-state index contributed by atoms with van der Waals surface area (Å²) in [5.74, 6) is -3.32. The number of hydrogen-bond acceptors (Lipinski definition) is 16. The number of carbonyl (C=O) groups excluding carboxylic acids is 4. The van der Waals surface area contributed by atoms with Gasteiger partial charge in [-0.1, -0.05) is 13.8 Å². The van der Waals surface area contributed by atoms with E-state index in [1.54, 1.807) is 13.8 Å². The van der Waals surface area contributed by atoms with Gasteiger partial charge in [-0.05, 0) is 31.6 Å². The molecular formula is C33H60N4O17. The molecule has 7 unspecified atom stereocenters. The lowest BCUT2D eigenvalue weighted by atomic mass is 9.79. The number of rotatable bonds is 28. The van der Waals surface area contributed by atoms with Gasteiger partial charge in [-0.2, -0.15) is 0 Å². The molecule has 1 saturated heterocycles. The van der Waals surface area contributed by atoms with Crippen LogP contribution < -0.4 is 21.3 Å². The van der Waals surface area contributed by atoms with Gasteiger partial charge >= 0.3 is 18.2 Å². The lowest BCUT2D eigenvalue weighted by Gasteiger charge is -2.47.